The van der Waals surface area contributed by atoms with Crippen molar-refractivity contribution in [1.29, 1.82) is 0 Å². The standard InChI is InChI=1S/C31H28N6O4/c1-40-27-9-8-23-17-28(27)41-20-29(38)33-18-21-14-24(16-25(15-21)37-13-11-32-30(23)37)31(39)35-26(19-36-12-5-10-34-36)22-6-3-2-4-7-22/h2-17,26H,18-20H2,1H3,(H,33,38)(H,35,39). The summed E-state index contributed by atoms with van der Waals surface area (Å²) in [6.45, 7) is 0.495. The van der Waals surface area contributed by atoms with Gasteiger partial charge in [-0.05, 0) is 53.6 Å². The third-order valence-corrected chi connectivity index (χ3v) is 6.87. The molecule has 4 bridgehead atoms. The Bertz CT molecular complexity index is 1680. The van der Waals surface area contributed by atoms with Crippen LogP contribution in [0.3, 0.4) is 0 Å². The second-order valence-corrected chi connectivity index (χ2v) is 9.60. The Morgan fingerprint density at radius 2 is 1.95 bits per heavy atom. The lowest BCUT2D eigenvalue weighted by atomic mass is 10.0. The van der Waals surface area contributed by atoms with Crippen LogP contribution in [0, 0.1) is 0 Å². The molecule has 2 N–H and O–H groups in total. The lowest BCUT2D eigenvalue weighted by Crippen LogP contribution is -2.32. The van der Waals surface area contributed by atoms with Crippen molar-refractivity contribution in [2.75, 3.05) is 13.7 Å². The van der Waals surface area contributed by atoms with E-state index >= 15 is 0 Å². The van der Waals surface area contributed by atoms with Crippen LogP contribution in [0.4, 0.5) is 0 Å². The minimum absolute atomic E-state index is 0.187. The molecule has 0 saturated carbocycles. The minimum atomic E-state index is -0.316. The Morgan fingerprint density at radius 3 is 2.76 bits per heavy atom. The van der Waals surface area contributed by atoms with Crippen LogP contribution in [-0.4, -0.2) is 44.9 Å². The fraction of sp³-hybridized carbons (Fsp3) is 0.161. The van der Waals surface area contributed by atoms with Crippen molar-refractivity contribution in [1.82, 2.24) is 30.0 Å². The molecular formula is C31H28N6O4. The largest absolute Gasteiger partial charge is 0.493 e. The van der Waals surface area contributed by atoms with Gasteiger partial charge in [0.15, 0.2) is 18.1 Å². The molecule has 5 aromatic rings. The monoisotopic (exact) mass is 548 g/mol. The molecule has 1 atom stereocenters. The number of hydrogen-bond acceptors (Lipinski definition) is 6. The van der Waals surface area contributed by atoms with E-state index in [0.29, 0.717) is 29.4 Å². The number of amides is 2. The SMILES string of the molecule is COc1ccc2cc1OCC(=O)NCc1cc(C(=O)NC(Cn3cccn3)c3ccccc3)cc(c1)-n1ccnc1-2. The maximum absolute atomic E-state index is 13.8. The van der Waals surface area contributed by atoms with Gasteiger partial charge in [-0.3, -0.25) is 18.8 Å². The molecule has 0 spiro atoms. The molecule has 41 heavy (non-hydrogen) atoms. The van der Waals surface area contributed by atoms with Crippen molar-refractivity contribution >= 4 is 11.8 Å². The van der Waals surface area contributed by atoms with E-state index in [1.807, 2.05) is 71.6 Å². The van der Waals surface area contributed by atoms with E-state index < -0.39 is 0 Å². The van der Waals surface area contributed by atoms with Gasteiger partial charge in [-0.25, -0.2) is 4.98 Å². The zero-order chi connectivity index (χ0) is 28.2. The molecule has 0 fully saturated rings. The second-order valence-electron chi connectivity index (χ2n) is 9.60. The molecule has 206 valence electrons. The number of carbonyl (C=O) groups is 2. The van der Waals surface area contributed by atoms with Crippen molar-refractivity contribution in [3.8, 4) is 28.6 Å². The van der Waals surface area contributed by atoms with Gasteiger partial charge in [-0.2, -0.15) is 5.10 Å². The van der Waals surface area contributed by atoms with Gasteiger partial charge in [0, 0.05) is 48.1 Å². The molecule has 3 aromatic carbocycles. The van der Waals surface area contributed by atoms with E-state index in [2.05, 4.69) is 20.7 Å². The van der Waals surface area contributed by atoms with E-state index in [0.717, 1.165) is 22.4 Å². The molecule has 2 amide bonds. The predicted molar refractivity (Wildman–Crippen MR) is 152 cm³/mol. The van der Waals surface area contributed by atoms with Crippen LogP contribution in [-0.2, 0) is 17.9 Å². The number of nitrogens with one attached hydrogen (secondary N) is 2. The van der Waals surface area contributed by atoms with E-state index in [1.54, 1.807) is 42.4 Å². The van der Waals surface area contributed by atoms with Gasteiger partial charge in [0.05, 0.1) is 19.7 Å². The smallest absolute Gasteiger partial charge is 0.258 e. The number of benzene rings is 3. The molecule has 0 aliphatic carbocycles. The lowest BCUT2D eigenvalue weighted by Gasteiger charge is -2.20. The van der Waals surface area contributed by atoms with E-state index in [9.17, 15) is 9.59 Å². The van der Waals surface area contributed by atoms with Gasteiger partial charge < -0.3 is 20.1 Å². The fourth-order valence-electron chi connectivity index (χ4n) is 4.85. The zero-order valence-corrected chi connectivity index (χ0v) is 22.4. The molecule has 1 unspecified atom stereocenters. The first-order valence-electron chi connectivity index (χ1n) is 13.2. The highest BCUT2D eigenvalue weighted by Gasteiger charge is 2.20. The molecule has 0 saturated heterocycles. The molecule has 1 aliphatic heterocycles. The van der Waals surface area contributed by atoms with Gasteiger partial charge in [-0.1, -0.05) is 30.3 Å². The molecule has 0 radical (unpaired) electrons. The molecular weight excluding hydrogens is 520 g/mol. The molecule has 6 rings (SSSR count). The maximum atomic E-state index is 13.8. The van der Waals surface area contributed by atoms with Gasteiger partial charge in [0.1, 0.15) is 5.82 Å². The van der Waals surface area contributed by atoms with Gasteiger partial charge in [-0.15, -0.1) is 0 Å². The summed E-state index contributed by atoms with van der Waals surface area (Å²) in [5.74, 6) is 1.05. The Morgan fingerprint density at radius 1 is 1.07 bits per heavy atom. The summed E-state index contributed by atoms with van der Waals surface area (Å²) in [4.78, 5) is 31.0. The average molecular weight is 549 g/mol. The summed E-state index contributed by atoms with van der Waals surface area (Å²) < 4.78 is 14.9. The average Bonchev–Trinajstić information content (AvgIpc) is 3.71. The first-order valence-corrected chi connectivity index (χ1v) is 13.2. The number of fused-ring (bicyclic) bond motifs is 7. The fourth-order valence-corrected chi connectivity index (χ4v) is 4.85. The number of ether oxygens (including phenoxy) is 2. The summed E-state index contributed by atoms with van der Waals surface area (Å²) in [5, 5.41) is 10.4. The van der Waals surface area contributed by atoms with Crippen molar-refractivity contribution < 1.29 is 19.1 Å². The molecule has 10 nitrogen and oxygen atoms in total. The van der Waals surface area contributed by atoms with Crippen LogP contribution in [0.5, 0.6) is 11.5 Å². The minimum Gasteiger partial charge on any atom is -0.493 e. The number of carbonyl (C=O) groups excluding carboxylic acids is 2. The summed E-state index contributed by atoms with van der Waals surface area (Å²) in [6.07, 6.45) is 7.12. The Hall–Kier alpha value is -5.38. The number of methoxy groups -OCH3 is 1. The van der Waals surface area contributed by atoms with Crippen molar-refractivity contribution in [3.63, 3.8) is 0 Å². The molecule has 3 heterocycles. The first kappa shape index (κ1) is 25.9. The van der Waals surface area contributed by atoms with Gasteiger partial charge in [0.2, 0.25) is 0 Å². The van der Waals surface area contributed by atoms with E-state index in [4.69, 9.17) is 9.47 Å². The normalized spacial score (nSPS) is 13.3. The van der Waals surface area contributed by atoms with Crippen LogP contribution < -0.4 is 20.1 Å². The van der Waals surface area contributed by atoms with E-state index in [-0.39, 0.29) is 31.0 Å². The highest BCUT2D eigenvalue weighted by atomic mass is 16.5. The number of imidazole rings is 1. The molecule has 1 aliphatic rings. The Labute approximate surface area is 236 Å². The first-order chi connectivity index (χ1) is 20.1. The highest BCUT2D eigenvalue weighted by molar-refractivity contribution is 5.95. The Balaban J connectivity index is 1.39. The summed E-state index contributed by atoms with van der Waals surface area (Å²) in [6, 6.07) is 22.3. The van der Waals surface area contributed by atoms with E-state index in [1.165, 1.54) is 0 Å². The summed E-state index contributed by atoms with van der Waals surface area (Å²) in [5.41, 5.74) is 3.67. The third kappa shape index (κ3) is 5.67. The Kier molecular flexibility index (Phi) is 7.19. The number of hydrogen-bond donors (Lipinski definition) is 2. The van der Waals surface area contributed by atoms with Crippen LogP contribution in [0.25, 0.3) is 17.1 Å². The highest BCUT2D eigenvalue weighted by Crippen LogP contribution is 2.33. The van der Waals surface area contributed by atoms with Crippen LogP contribution >= 0.6 is 0 Å². The van der Waals surface area contributed by atoms with Gasteiger partial charge in [0.25, 0.3) is 11.8 Å². The summed E-state index contributed by atoms with van der Waals surface area (Å²) >= 11 is 0. The maximum Gasteiger partial charge on any atom is 0.258 e. The number of nitrogens with zero attached hydrogens (tertiary/aromatic N) is 4. The molecule has 10 heteroatoms. The topological polar surface area (TPSA) is 112 Å². The number of rotatable bonds is 6. The van der Waals surface area contributed by atoms with Crippen molar-refractivity contribution in [2.45, 2.75) is 19.1 Å². The van der Waals surface area contributed by atoms with Crippen LogP contribution in [0.1, 0.15) is 27.5 Å². The van der Waals surface area contributed by atoms with Crippen molar-refractivity contribution in [3.05, 3.63) is 114 Å². The zero-order valence-electron chi connectivity index (χ0n) is 22.4. The lowest BCUT2D eigenvalue weighted by molar-refractivity contribution is -0.123. The van der Waals surface area contributed by atoms with Gasteiger partial charge >= 0.3 is 0 Å². The van der Waals surface area contributed by atoms with Crippen LogP contribution in [0.2, 0.25) is 0 Å². The van der Waals surface area contributed by atoms with Crippen molar-refractivity contribution in [2.24, 2.45) is 0 Å². The van der Waals surface area contributed by atoms with Crippen LogP contribution in [0.15, 0.2) is 97.6 Å². The number of aromatic nitrogens is 4. The third-order valence-electron chi connectivity index (χ3n) is 6.87. The quantitative estimate of drug-likeness (QED) is 0.333. The predicted octanol–water partition coefficient (Wildman–Crippen LogP) is 3.92. The molecule has 2 aromatic heterocycles. The summed E-state index contributed by atoms with van der Waals surface area (Å²) in [7, 11) is 1.55. The second kappa shape index (κ2) is 11.4.